The number of carbonyl (C=O) groups is 2. The average molecular weight is 252 g/mol. The third kappa shape index (κ3) is 2.23. The van der Waals surface area contributed by atoms with Crippen molar-refractivity contribution in [1.82, 2.24) is 10.2 Å². The van der Waals surface area contributed by atoms with Crippen LogP contribution >= 0.6 is 0 Å². The van der Waals surface area contributed by atoms with Crippen LogP contribution in [0.15, 0.2) is 0 Å². The van der Waals surface area contributed by atoms with E-state index in [1.54, 1.807) is 0 Å². The summed E-state index contributed by atoms with van der Waals surface area (Å²) in [6.45, 7) is 1.18. The van der Waals surface area contributed by atoms with Crippen molar-refractivity contribution < 1.29 is 14.7 Å². The van der Waals surface area contributed by atoms with Gasteiger partial charge in [0.25, 0.3) is 0 Å². The van der Waals surface area contributed by atoms with Gasteiger partial charge in [0.2, 0.25) is 5.91 Å². The lowest BCUT2D eigenvalue weighted by Crippen LogP contribution is -2.41. The standard InChI is InChI=1S/C13H20N2O3/c16-12(14-6-8-1-2-8)7-15-9-3-4-11(15)10(5-9)13(17)18/h8-11H,1-7H2,(H,14,16)(H,17,18). The van der Waals surface area contributed by atoms with Crippen molar-refractivity contribution in [1.29, 1.82) is 0 Å². The first-order valence-corrected chi connectivity index (χ1v) is 6.90. The zero-order valence-electron chi connectivity index (χ0n) is 10.5. The van der Waals surface area contributed by atoms with Crippen LogP contribution in [0.2, 0.25) is 0 Å². The molecule has 2 N–H and O–H groups in total. The molecule has 5 nitrogen and oxygen atoms in total. The topological polar surface area (TPSA) is 69.6 Å². The molecular formula is C13H20N2O3. The van der Waals surface area contributed by atoms with E-state index in [-0.39, 0.29) is 17.9 Å². The second-order valence-corrected chi connectivity index (χ2v) is 5.90. The van der Waals surface area contributed by atoms with Crippen molar-refractivity contribution in [2.24, 2.45) is 11.8 Å². The molecule has 3 unspecified atom stereocenters. The van der Waals surface area contributed by atoms with Crippen LogP contribution < -0.4 is 5.32 Å². The second kappa shape index (κ2) is 4.53. The quantitative estimate of drug-likeness (QED) is 0.745. The van der Waals surface area contributed by atoms with Crippen LogP contribution in [-0.4, -0.2) is 47.1 Å². The summed E-state index contributed by atoms with van der Waals surface area (Å²) in [5, 5.41) is 12.1. The maximum atomic E-state index is 11.8. The van der Waals surface area contributed by atoms with E-state index in [4.69, 9.17) is 5.11 Å². The van der Waals surface area contributed by atoms with Crippen molar-refractivity contribution in [3.63, 3.8) is 0 Å². The molecule has 0 aromatic carbocycles. The summed E-state index contributed by atoms with van der Waals surface area (Å²) >= 11 is 0. The first kappa shape index (κ1) is 12.0. The Balaban J connectivity index is 1.53. The molecule has 1 amide bonds. The zero-order valence-corrected chi connectivity index (χ0v) is 10.5. The highest BCUT2D eigenvalue weighted by Crippen LogP contribution is 2.41. The third-order valence-electron chi connectivity index (χ3n) is 4.61. The van der Waals surface area contributed by atoms with Crippen LogP contribution in [0.1, 0.15) is 32.1 Å². The summed E-state index contributed by atoms with van der Waals surface area (Å²) < 4.78 is 0. The van der Waals surface area contributed by atoms with E-state index in [1.165, 1.54) is 12.8 Å². The minimum atomic E-state index is -0.703. The van der Waals surface area contributed by atoms with E-state index < -0.39 is 5.97 Å². The second-order valence-electron chi connectivity index (χ2n) is 5.90. The Kier molecular flexibility index (Phi) is 3.01. The maximum absolute atomic E-state index is 11.8. The molecule has 2 bridgehead atoms. The molecule has 0 aromatic rings. The Morgan fingerprint density at radius 2 is 2.00 bits per heavy atom. The van der Waals surface area contributed by atoms with Gasteiger partial charge in [-0.05, 0) is 38.0 Å². The molecule has 0 spiro atoms. The number of carbonyl (C=O) groups excluding carboxylic acids is 1. The highest BCUT2D eigenvalue weighted by atomic mass is 16.4. The summed E-state index contributed by atoms with van der Waals surface area (Å²) in [4.78, 5) is 25.1. The van der Waals surface area contributed by atoms with E-state index in [9.17, 15) is 9.59 Å². The number of nitrogens with zero attached hydrogens (tertiary/aromatic N) is 1. The summed E-state index contributed by atoms with van der Waals surface area (Å²) in [5.41, 5.74) is 0. The number of amides is 1. The van der Waals surface area contributed by atoms with E-state index in [1.807, 2.05) is 0 Å². The van der Waals surface area contributed by atoms with Crippen LogP contribution in [-0.2, 0) is 9.59 Å². The van der Waals surface area contributed by atoms with Crippen molar-refractivity contribution in [2.75, 3.05) is 13.1 Å². The van der Waals surface area contributed by atoms with Gasteiger partial charge in [0.1, 0.15) is 0 Å². The van der Waals surface area contributed by atoms with Gasteiger partial charge in [-0.2, -0.15) is 0 Å². The molecule has 2 saturated heterocycles. The Labute approximate surface area is 107 Å². The number of aliphatic carboxylic acids is 1. The van der Waals surface area contributed by atoms with Crippen LogP contribution in [0, 0.1) is 11.8 Å². The normalized spacial score (nSPS) is 34.8. The van der Waals surface area contributed by atoms with Crippen LogP contribution in [0.4, 0.5) is 0 Å². The Hall–Kier alpha value is -1.10. The highest BCUT2D eigenvalue weighted by Gasteiger charge is 2.49. The van der Waals surface area contributed by atoms with Crippen LogP contribution in [0.5, 0.6) is 0 Å². The molecule has 3 aliphatic rings. The predicted octanol–water partition coefficient (Wildman–Crippen LogP) is 0.450. The Morgan fingerprint density at radius 3 is 2.61 bits per heavy atom. The number of fused-ring (bicyclic) bond motifs is 2. The molecule has 100 valence electrons. The first-order valence-electron chi connectivity index (χ1n) is 6.90. The lowest BCUT2D eigenvalue weighted by molar-refractivity contribution is -0.143. The monoisotopic (exact) mass is 252 g/mol. The van der Waals surface area contributed by atoms with Crippen LogP contribution in [0.3, 0.4) is 0 Å². The third-order valence-corrected chi connectivity index (χ3v) is 4.61. The fourth-order valence-electron chi connectivity index (χ4n) is 3.41. The fraction of sp³-hybridized carbons (Fsp3) is 0.846. The van der Waals surface area contributed by atoms with Gasteiger partial charge >= 0.3 is 5.97 Å². The highest BCUT2D eigenvalue weighted by molar-refractivity contribution is 5.78. The molecule has 3 rings (SSSR count). The Morgan fingerprint density at radius 1 is 1.22 bits per heavy atom. The molecule has 5 heteroatoms. The molecular weight excluding hydrogens is 232 g/mol. The number of hydrogen-bond acceptors (Lipinski definition) is 3. The molecule has 18 heavy (non-hydrogen) atoms. The van der Waals surface area contributed by atoms with Gasteiger partial charge in [0.05, 0.1) is 12.5 Å². The lowest BCUT2D eigenvalue weighted by atomic mass is 9.89. The minimum absolute atomic E-state index is 0.0600. The molecule has 1 aliphatic carbocycles. The maximum Gasteiger partial charge on any atom is 0.308 e. The molecule has 0 radical (unpaired) electrons. The summed E-state index contributed by atoms with van der Waals surface area (Å²) in [6.07, 6.45) is 5.16. The van der Waals surface area contributed by atoms with E-state index in [0.29, 0.717) is 18.5 Å². The molecule has 0 aromatic heterocycles. The van der Waals surface area contributed by atoms with Gasteiger partial charge in [0.15, 0.2) is 0 Å². The smallest absolute Gasteiger partial charge is 0.308 e. The van der Waals surface area contributed by atoms with Gasteiger partial charge in [-0.3, -0.25) is 14.5 Å². The number of carboxylic acid groups (broad SMARTS) is 1. The lowest BCUT2D eigenvalue weighted by Gasteiger charge is -2.21. The average Bonchev–Trinajstić information content (AvgIpc) is 3.04. The summed E-state index contributed by atoms with van der Waals surface area (Å²) in [5.74, 6) is -0.216. The van der Waals surface area contributed by atoms with Crippen molar-refractivity contribution in [2.45, 2.75) is 44.2 Å². The Bertz CT molecular complexity index is 367. The minimum Gasteiger partial charge on any atom is -0.481 e. The summed E-state index contributed by atoms with van der Waals surface area (Å²) in [6, 6.07) is 0.391. The van der Waals surface area contributed by atoms with Gasteiger partial charge < -0.3 is 10.4 Å². The summed E-state index contributed by atoms with van der Waals surface area (Å²) in [7, 11) is 0. The van der Waals surface area contributed by atoms with Gasteiger partial charge in [-0.1, -0.05) is 0 Å². The number of nitrogens with one attached hydrogen (secondary N) is 1. The van der Waals surface area contributed by atoms with Gasteiger partial charge in [0, 0.05) is 18.6 Å². The van der Waals surface area contributed by atoms with E-state index in [2.05, 4.69) is 10.2 Å². The van der Waals surface area contributed by atoms with Crippen molar-refractivity contribution >= 4 is 11.9 Å². The predicted molar refractivity (Wildman–Crippen MR) is 65.0 cm³/mol. The first-order chi connectivity index (χ1) is 8.65. The van der Waals surface area contributed by atoms with Gasteiger partial charge in [-0.25, -0.2) is 0 Å². The number of carboxylic acids is 1. The van der Waals surface area contributed by atoms with E-state index >= 15 is 0 Å². The van der Waals surface area contributed by atoms with Gasteiger partial charge in [-0.15, -0.1) is 0 Å². The molecule has 2 heterocycles. The van der Waals surface area contributed by atoms with E-state index in [0.717, 1.165) is 25.8 Å². The van der Waals surface area contributed by atoms with Crippen molar-refractivity contribution in [3.8, 4) is 0 Å². The van der Waals surface area contributed by atoms with Crippen molar-refractivity contribution in [3.05, 3.63) is 0 Å². The van der Waals surface area contributed by atoms with Crippen LogP contribution in [0.25, 0.3) is 0 Å². The molecule has 2 aliphatic heterocycles. The zero-order chi connectivity index (χ0) is 12.7. The largest absolute Gasteiger partial charge is 0.481 e. The SMILES string of the molecule is O=C(CN1C2CCC1C(C(=O)O)C2)NCC1CC1. The molecule has 1 saturated carbocycles. The molecule has 3 fully saturated rings. The molecule has 3 atom stereocenters. The number of rotatable bonds is 5. The fourth-order valence-corrected chi connectivity index (χ4v) is 3.41. The number of hydrogen-bond donors (Lipinski definition) is 2.